The molecule has 0 saturated carbocycles. The van der Waals surface area contributed by atoms with Crippen molar-refractivity contribution < 1.29 is 28.7 Å². The van der Waals surface area contributed by atoms with Crippen LogP contribution >= 0.6 is 0 Å². The highest BCUT2D eigenvalue weighted by Crippen LogP contribution is 2.36. The molecule has 4 atom stereocenters. The van der Waals surface area contributed by atoms with Gasteiger partial charge in [0.15, 0.2) is 11.6 Å². The van der Waals surface area contributed by atoms with Gasteiger partial charge in [-0.1, -0.05) is 70.2 Å². The van der Waals surface area contributed by atoms with Gasteiger partial charge >= 0.3 is 12.2 Å². The molecule has 2 fully saturated rings. The van der Waals surface area contributed by atoms with Gasteiger partial charge in [0, 0.05) is 24.0 Å². The highest BCUT2D eigenvalue weighted by Gasteiger charge is 2.39. The summed E-state index contributed by atoms with van der Waals surface area (Å²) < 4.78 is 9.53. The third kappa shape index (κ3) is 7.49. The van der Waals surface area contributed by atoms with Crippen molar-refractivity contribution in [2.45, 2.75) is 77.5 Å². The maximum absolute atomic E-state index is 13.7. The number of ether oxygens (including phenoxy) is 2. The molecule has 15 nitrogen and oxygen atoms in total. The molecule has 2 saturated heterocycles. The number of rotatable bonds is 10. The molecule has 1 unspecified atom stereocenters. The number of benzene rings is 3. The lowest BCUT2D eigenvalue weighted by Gasteiger charge is -2.29. The first-order chi connectivity index (χ1) is 27.0. The SMILES string of the molecule is COC(=O)NC(C(=O)N1CCC[C@H]1c1nnc(-c2ccc(-c3ccc4c(ccc5nc([C@@H]6CCCN6C(=O)[C@@H](NC(=O)OC)C(C)C)[nH]c54)c3)cc2)[nH]1)C(C)C. The molecular formula is C41H49N9O6. The largest absolute Gasteiger partial charge is 0.453 e. The maximum Gasteiger partial charge on any atom is 0.407 e. The zero-order valence-electron chi connectivity index (χ0n) is 32.6. The third-order valence-electron chi connectivity index (χ3n) is 11.0. The number of H-pyrrole nitrogens is 2. The van der Waals surface area contributed by atoms with Crippen molar-refractivity contribution in [3.05, 3.63) is 66.2 Å². The molecule has 7 rings (SSSR count). The summed E-state index contributed by atoms with van der Waals surface area (Å²) in [6, 6.07) is 16.6. The van der Waals surface area contributed by atoms with Crippen LogP contribution in [-0.2, 0) is 19.1 Å². The molecule has 294 valence electrons. The van der Waals surface area contributed by atoms with Gasteiger partial charge in [-0.25, -0.2) is 14.6 Å². The van der Waals surface area contributed by atoms with Crippen LogP contribution < -0.4 is 10.6 Å². The summed E-state index contributed by atoms with van der Waals surface area (Å²) >= 11 is 0. The number of carbonyl (C=O) groups is 4. The average Bonchev–Trinajstić information content (AvgIpc) is 4.04. The van der Waals surface area contributed by atoms with E-state index in [0.717, 1.165) is 70.0 Å². The second-order valence-corrected chi connectivity index (χ2v) is 15.2. The van der Waals surface area contributed by atoms with Crippen LogP contribution in [-0.4, -0.2) is 98.3 Å². The average molecular weight is 764 g/mol. The van der Waals surface area contributed by atoms with Crippen LogP contribution in [0.3, 0.4) is 0 Å². The highest BCUT2D eigenvalue weighted by atomic mass is 16.5. The Hall–Kier alpha value is -5.99. The summed E-state index contributed by atoms with van der Waals surface area (Å²) in [5, 5.41) is 16.3. The topological polar surface area (TPSA) is 188 Å². The number of nitrogens with one attached hydrogen (secondary N) is 4. The van der Waals surface area contributed by atoms with Crippen molar-refractivity contribution in [2.24, 2.45) is 11.8 Å². The van der Waals surface area contributed by atoms with E-state index >= 15 is 0 Å². The number of likely N-dealkylation sites (tertiary alicyclic amines) is 2. The van der Waals surface area contributed by atoms with Gasteiger partial charge in [-0.2, -0.15) is 0 Å². The number of methoxy groups -OCH3 is 2. The van der Waals surface area contributed by atoms with Crippen molar-refractivity contribution in [2.75, 3.05) is 27.3 Å². The van der Waals surface area contributed by atoms with Gasteiger partial charge in [0.25, 0.3) is 0 Å². The zero-order valence-corrected chi connectivity index (χ0v) is 32.6. The standard InChI is InChI=1S/C41H49N9O6/c1-22(2)32(44-40(53)55-5)38(51)49-19-7-9-30(49)36-42-29-18-16-27-21-26(15-17-28(27)34(29)43-36)24-11-13-25(14-12-24)35-46-37(48-47-35)31-10-8-20-50(31)39(52)33(23(3)4)45-41(54)56-6/h11-18,21-23,30-33H,7-10,19-20H2,1-6H3,(H,42,43)(H,44,53)(H,45,54)(H,46,47,48)/t30-,31-,32-,33?/m0/s1. The Kier molecular flexibility index (Phi) is 10.9. The Morgan fingerprint density at radius 1 is 0.696 bits per heavy atom. The Labute approximate surface area is 324 Å². The number of amides is 4. The van der Waals surface area contributed by atoms with Gasteiger partial charge in [0.2, 0.25) is 11.8 Å². The summed E-state index contributed by atoms with van der Waals surface area (Å²) in [7, 11) is 2.57. The number of nitrogens with zero attached hydrogens (tertiary/aromatic N) is 5. The molecule has 4 amide bonds. The van der Waals surface area contributed by atoms with Crippen molar-refractivity contribution in [3.8, 4) is 22.5 Å². The molecule has 5 aromatic rings. The quantitative estimate of drug-likeness (QED) is 0.127. The molecule has 0 bridgehead atoms. The van der Waals surface area contributed by atoms with Gasteiger partial charge in [0.1, 0.15) is 17.9 Å². The molecule has 56 heavy (non-hydrogen) atoms. The number of carbonyl (C=O) groups excluding carboxylic acids is 4. The molecule has 0 spiro atoms. The van der Waals surface area contributed by atoms with Crippen LogP contribution in [0.2, 0.25) is 0 Å². The van der Waals surface area contributed by atoms with Crippen molar-refractivity contribution >= 4 is 45.8 Å². The summed E-state index contributed by atoms with van der Waals surface area (Å²) in [5.41, 5.74) is 4.68. The molecular weight excluding hydrogens is 715 g/mol. The molecule has 2 aliphatic rings. The summed E-state index contributed by atoms with van der Waals surface area (Å²) in [6.45, 7) is 8.74. The monoisotopic (exact) mass is 763 g/mol. The van der Waals surface area contributed by atoms with Crippen LogP contribution in [0.5, 0.6) is 0 Å². The number of alkyl carbamates (subject to hydrolysis) is 2. The van der Waals surface area contributed by atoms with Crippen LogP contribution in [0.4, 0.5) is 9.59 Å². The minimum atomic E-state index is -0.710. The molecule has 4 heterocycles. The van der Waals surface area contributed by atoms with E-state index in [0.29, 0.717) is 24.7 Å². The minimum Gasteiger partial charge on any atom is -0.453 e. The maximum atomic E-state index is 13.7. The lowest BCUT2D eigenvalue weighted by molar-refractivity contribution is -0.136. The van der Waals surface area contributed by atoms with Crippen LogP contribution in [0.25, 0.3) is 44.3 Å². The number of imidazole rings is 1. The Morgan fingerprint density at radius 2 is 1.25 bits per heavy atom. The van der Waals surface area contributed by atoms with Gasteiger partial charge in [-0.15, -0.1) is 10.2 Å². The summed E-state index contributed by atoms with van der Waals surface area (Å²) in [6.07, 6.45) is 1.91. The first-order valence-electron chi connectivity index (χ1n) is 19.2. The number of hydrogen-bond acceptors (Lipinski definition) is 9. The van der Waals surface area contributed by atoms with Crippen LogP contribution in [0.1, 0.15) is 77.1 Å². The van der Waals surface area contributed by atoms with Gasteiger partial charge in [0.05, 0.1) is 37.3 Å². The summed E-state index contributed by atoms with van der Waals surface area (Å²) in [5.74, 6) is 1.41. The second kappa shape index (κ2) is 16.0. The molecule has 2 aliphatic heterocycles. The molecule has 15 heteroatoms. The molecule has 0 aliphatic carbocycles. The predicted molar refractivity (Wildman–Crippen MR) is 210 cm³/mol. The van der Waals surface area contributed by atoms with Gasteiger partial charge in [-0.05, 0) is 66.2 Å². The van der Waals surface area contributed by atoms with Crippen molar-refractivity contribution in [1.82, 2.24) is 45.6 Å². The fourth-order valence-corrected chi connectivity index (χ4v) is 7.93. The Balaban J connectivity index is 1.07. The molecule has 2 aromatic heterocycles. The van der Waals surface area contributed by atoms with Crippen LogP contribution in [0.15, 0.2) is 54.6 Å². The van der Waals surface area contributed by atoms with Gasteiger partial charge < -0.3 is 39.9 Å². The molecule has 0 radical (unpaired) electrons. The lowest BCUT2D eigenvalue weighted by Crippen LogP contribution is -2.51. The highest BCUT2D eigenvalue weighted by molar-refractivity contribution is 6.05. The van der Waals surface area contributed by atoms with E-state index in [9.17, 15) is 19.2 Å². The van der Waals surface area contributed by atoms with Crippen molar-refractivity contribution in [3.63, 3.8) is 0 Å². The number of aromatic nitrogens is 5. The first-order valence-corrected chi connectivity index (χ1v) is 19.2. The second-order valence-electron chi connectivity index (χ2n) is 15.2. The molecule has 3 aromatic carbocycles. The first kappa shape index (κ1) is 38.3. The van der Waals surface area contributed by atoms with E-state index in [1.165, 1.54) is 14.2 Å². The Bertz CT molecular complexity index is 2250. The zero-order chi connectivity index (χ0) is 39.7. The Morgan fingerprint density at radius 3 is 1.82 bits per heavy atom. The number of fused-ring (bicyclic) bond motifs is 3. The molecule has 4 N–H and O–H groups in total. The summed E-state index contributed by atoms with van der Waals surface area (Å²) in [4.78, 5) is 66.6. The van der Waals surface area contributed by atoms with E-state index in [1.54, 1.807) is 4.90 Å². The van der Waals surface area contributed by atoms with E-state index in [4.69, 9.17) is 14.5 Å². The van der Waals surface area contributed by atoms with Gasteiger partial charge in [-0.3, -0.25) is 9.59 Å². The van der Waals surface area contributed by atoms with E-state index in [-0.39, 0.29) is 35.7 Å². The van der Waals surface area contributed by atoms with Crippen LogP contribution in [0, 0.1) is 11.8 Å². The van der Waals surface area contributed by atoms with E-state index < -0.39 is 24.3 Å². The third-order valence-corrected chi connectivity index (χ3v) is 11.0. The normalized spacial score (nSPS) is 18.1. The van der Waals surface area contributed by atoms with E-state index in [2.05, 4.69) is 55.1 Å². The predicted octanol–water partition coefficient (Wildman–Crippen LogP) is 6.26. The minimum absolute atomic E-state index is 0.114. The number of aromatic amines is 2. The fourth-order valence-electron chi connectivity index (χ4n) is 7.93. The smallest absolute Gasteiger partial charge is 0.407 e. The fraction of sp³-hybridized carbons (Fsp3) is 0.439. The van der Waals surface area contributed by atoms with E-state index in [1.807, 2.05) is 62.9 Å². The lowest BCUT2D eigenvalue weighted by atomic mass is 9.99. The van der Waals surface area contributed by atoms with Crippen molar-refractivity contribution in [1.29, 1.82) is 0 Å². The number of hydrogen-bond donors (Lipinski definition) is 4.